The molecule has 3 rings (SSSR count). The molecule has 3 aromatic rings. The van der Waals surface area contributed by atoms with E-state index in [1.54, 1.807) is 19.2 Å². The van der Waals surface area contributed by atoms with E-state index in [1.165, 1.54) is 4.74 Å². The van der Waals surface area contributed by atoms with Gasteiger partial charge in [-0.1, -0.05) is 60.7 Å². The van der Waals surface area contributed by atoms with Crippen molar-refractivity contribution in [2.75, 3.05) is 0 Å². The zero-order valence-corrected chi connectivity index (χ0v) is 13.5. The number of rotatable bonds is 4. The van der Waals surface area contributed by atoms with Crippen molar-refractivity contribution in [1.29, 1.82) is 0 Å². The zero-order chi connectivity index (χ0) is 17.1. The fourth-order valence-electron chi connectivity index (χ4n) is 2.68. The summed E-state index contributed by atoms with van der Waals surface area (Å²) in [6.45, 7) is 1.90. The molecule has 2 aromatic carbocycles. The second-order valence-corrected chi connectivity index (χ2v) is 5.57. The summed E-state index contributed by atoms with van der Waals surface area (Å²) >= 11 is 0. The molecule has 5 nitrogen and oxygen atoms in total. The first-order valence-electron chi connectivity index (χ1n) is 7.69. The Morgan fingerprint density at radius 2 is 1.62 bits per heavy atom. The number of hydrogen-bond donors (Lipinski definition) is 1. The predicted octanol–water partition coefficient (Wildman–Crippen LogP) is 3.14. The number of carbonyl (C=O) groups is 1. The van der Waals surface area contributed by atoms with Crippen molar-refractivity contribution in [3.63, 3.8) is 0 Å². The normalized spacial score (nSPS) is 11.9. The lowest BCUT2D eigenvalue weighted by atomic mass is 10.0. The van der Waals surface area contributed by atoms with Crippen LogP contribution in [0.15, 0.2) is 70.0 Å². The van der Waals surface area contributed by atoms with Gasteiger partial charge in [0.05, 0.1) is 6.04 Å². The van der Waals surface area contributed by atoms with Gasteiger partial charge in [-0.05, 0) is 18.1 Å². The van der Waals surface area contributed by atoms with Gasteiger partial charge in [0.25, 0.3) is 5.91 Å². The quantitative estimate of drug-likeness (QED) is 0.802. The monoisotopic (exact) mass is 322 g/mol. The molecule has 0 spiro atoms. The molecule has 0 radical (unpaired) electrons. The van der Waals surface area contributed by atoms with E-state index in [0.29, 0.717) is 5.56 Å². The lowest BCUT2D eigenvalue weighted by Gasteiger charge is -2.14. The summed E-state index contributed by atoms with van der Waals surface area (Å²) in [6.07, 6.45) is 0. The summed E-state index contributed by atoms with van der Waals surface area (Å²) in [5.74, 6) is -0.349. The molecule has 0 bridgehead atoms. The smallest absolute Gasteiger partial charge is 0.344 e. The van der Waals surface area contributed by atoms with Gasteiger partial charge in [-0.3, -0.25) is 4.79 Å². The molecule has 0 aliphatic carbocycles. The number of nitrogens with one attached hydrogen (secondary N) is 1. The number of benzene rings is 2. The minimum atomic E-state index is -0.527. The van der Waals surface area contributed by atoms with Crippen LogP contribution >= 0.6 is 0 Å². The van der Waals surface area contributed by atoms with Crippen LogP contribution in [0.25, 0.3) is 11.1 Å². The van der Waals surface area contributed by atoms with E-state index >= 15 is 0 Å². The Bertz CT molecular complexity index is 895. The second kappa shape index (κ2) is 6.58. The molecular formula is C19H18N2O3. The molecule has 0 aliphatic heterocycles. The molecule has 122 valence electrons. The lowest BCUT2D eigenvalue weighted by Crippen LogP contribution is -2.28. The SMILES string of the molecule is CC(NC(=O)c1c(-c2ccccc2)c(=O)on1C)c1ccccc1. The van der Waals surface area contributed by atoms with Crippen molar-refractivity contribution in [2.45, 2.75) is 13.0 Å². The molecule has 1 atom stereocenters. The Balaban J connectivity index is 1.95. The molecule has 0 saturated carbocycles. The molecular weight excluding hydrogens is 304 g/mol. The van der Waals surface area contributed by atoms with Crippen LogP contribution in [-0.2, 0) is 7.05 Å². The van der Waals surface area contributed by atoms with Gasteiger partial charge in [-0.2, -0.15) is 0 Å². The first kappa shape index (κ1) is 15.8. The molecule has 1 aromatic heterocycles. The summed E-state index contributed by atoms with van der Waals surface area (Å²) in [5, 5.41) is 2.92. The summed E-state index contributed by atoms with van der Waals surface area (Å²) < 4.78 is 6.33. The Hall–Kier alpha value is -3.08. The van der Waals surface area contributed by atoms with Crippen molar-refractivity contribution >= 4 is 5.91 Å². The fourth-order valence-corrected chi connectivity index (χ4v) is 2.68. The molecule has 1 N–H and O–H groups in total. The summed E-state index contributed by atoms with van der Waals surface area (Å²) in [6, 6.07) is 18.5. The van der Waals surface area contributed by atoms with Gasteiger partial charge in [-0.15, -0.1) is 0 Å². The van der Waals surface area contributed by atoms with Gasteiger partial charge >= 0.3 is 5.63 Å². The summed E-state index contributed by atoms with van der Waals surface area (Å²) in [5.41, 5.74) is 1.61. The van der Waals surface area contributed by atoms with E-state index in [1.807, 2.05) is 55.5 Å². The van der Waals surface area contributed by atoms with Gasteiger partial charge < -0.3 is 9.84 Å². The Morgan fingerprint density at radius 3 is 2.25 bits per heavy atom. The van der Waals surface area contributed by atoms with Crippen molar-refractivity contribution in [1.82, 2.24) is 10.1 Å². The molecule has 24 heavy (non-hydrogen) atoms. The number of nitrogens with zero attached hydrogens (tertiary/aromatic N) is 1. The minimum Gasteiger partial charge on any atom is -0.344 e. The number of carbonyl (C=O) groups excluding carboxylic acids is 1. The van der Waals surface area contributed by atoms with Crippen LogP contribution in [-0.4, -0.2) is 10.6 Å². The molecule has 1 heterocycles. The van der Waals surface area contributed by atoms with Crippen LogP contribution in [0.3, 0.4) is 0 Å². The molecule has 0 saturated heterocycles. The Morgan fingerprint density at radius 1 is 1.04 bits per heavy atom. The molecule has 1 amide bonds. The topological polar surface area (TPSA) is 64.2 Å². The number of aromatic nitrogens is 1. The summed E-state index contributed by atoms with van der Waals surface area (Å²) in [4.78, 5) is 24.9. The van der Waals surface area contributed by atoms with Crippen LogP contribution < -0.4 is 10.9 Å². The van der Waals surface area contributed by atoms with Gasteiger partial charge in [0.15, 0.2) is 5.69 Å². The third-order valence-electron chi connectivity index (χ3n) is 3.90. The zero-order valence-electron chi connectivity index (χ0n) is 13.5. The molecule has 0 fully saturated rings. The van der Waals surface area contributed by atoms with Crippen LogP contribution in [0.1, 0.15) is 29.0 Å². The van der Waals surface area contributed by atoms with E-state index in [0.717, 1.165) is 5.56 Å². The molecule has 5 heteroatoms. The van der Waals surface area contributed by atoms with Gasteiger partial charge in [0, 0.05) is 7.05 Å². The van der Waals surface area contributed by atoms with Gasteiger partial charge in [0.2, 0.25) is 0 Å². The van der Waals surface area contributed by atoms with E-state index in [-0.39, 0.29) is 23.2 Å². The lowest BCUT2D eigenvalue weighted by molar-refractivity contribution is 0.0920. The standard InChI is InChI=1S/C19H18N2O3/c1-13(14-9-5-3-6-10-14)20-18(22)17-16(19(23)24-21(17)2)15-11-7-4-8-12-15/h3-13H,1-2H3,(H,20,22). The molecule has 0 aliphatic rings. The van der Waals surface area contributed by atoms with Gasteiger partial charge in [0.1, 0.15) is 5.56 Å². The maximum atomic E-state index is 12.7. The largest absolute Gasteiger partial charge is 0.366 e. The van der Waals surface area contributed by atoms with E-state index in [9.17, 15) is 9.59 Å². The maximum Gasteiger partial charge on any atom is 0.366 e. The van der Waals surface area contributed by atoms with Crippen LogP contribution in [0.2, 0.25) is 0 Å². The van der Waals surface area contributed by atoms with Crippen LogP contribution in [0.5, 0.6) is 0 Å². The highest BCUT2D eigenvalue weighted by Crippen LogP contribution is 2.21. The number of hydrogen-bond acceptors (Lipinski definition) is 3. The molecule has 1 unspecified atom stereocenters. The van der Waals surface area contributed by atoms with Crippen molar-refractivity contribution in [3.05, 3.63) is 82.3 Å². The first-order chi connectivity index (χ1) is 11.6. The van der Waals surface area contributed by atoms with E-state index in [4.69, 9.17) is 4.52 Å². The minimum absolute atomic E-state index is 0.188. The first-order valence-corrected chi connectivity index (χ1v) is 7.69. The summed E-state index contributed by atoms with van der Waals surface area (Å²) in [7, 11) is 1.55. The van der Waals surface area contributed by atoms with Crippen LogP contribution in [0, 0.1) is 0 Å². The predicted molar refractivity (Wildman–Crippen MR) is 91.7 cm³/mol. The van der Waals surface area contributed by atoms with Gasteiger partial charge in [-0.25, -0.2) is 9.53 Å². The Kier molecular flexibility index (Phi) is 4.33. The number of amides is 1. The van der Waals surface area contributed by atoms with E-state index < -0.39 is 5.63 Å². The maximum absolute atomic E-state index is 12.7. The third-order valence-corrected chi connectivity index (χ3v) is 3.90. The highest BCUT2D eigenvalue weighted by Gasteiger charge is 2.24. The van der Waals surface area contributed by atoms with Crippen LogP contribution in [0.4, 0.5) is 0 Å². The highest BCUT2D eigenvalue weighted by molar-refractivity contribution is 5.99. The number of aryl methyl sites for hydroxylation is 1. The second-order valence-electron chi connectivity index (χ2n) is 5.57. The van der Waals surface area contributed by atoms with Crippen molar-refractivity contribution in [3.8, 4) is 11.1 Å². The van der Waals surface area contributed by atoms with Crippen molar-refractivity contribution in [2.24, 2.45) is 7.05 Å². The fraction of sp³-hybridized carbons (Fsp3) is 0.158. The Labute approximate surface area is 139 Å². The highest BCUT2D eigenvalue weighted by atomic mass is 16.5. The average Bonchev–Trinajstić information content (AvgIpc) is 2.90. The third kappa shape index (κ3) is 3.01. The van der Waals surface area contributed by atoms with Crippen molar-refractivity contribution < 1.29 is 9.32 Å². The average molecular weight is 322 g/mol. The van der Waals surface area contributed by atoms with E-state index in [2.05, 4.69) is 5.32 Å².